The van der Waals surface area contributed by atoms with Crippen LogP contribution in [0.15, 0.2) is 55.0 Å². The van der Waals surface area contributed by atoms with Crippen molar-refractivity contribution in [3.8, 4) is 17.4 Å². The molecule has 0 radical (unpaired) electrons. The Hall–Kier alpha value is -4.66. The van der Waals surface area contributed by atoms with Crippen molar-refractivity contribution in [2.45, 2.75) is 12.6 Å². The lowest BCUT2D eigenvalue weighted by molar-refractivity contribution is -0.143. The van der Waals surface area contributed by atoms with Gasteiger partial charge in [-0.2, -0.15) is 38.5 Å². The van der Waals surface area contributed by atoms with E-state index >= 15 is 0 Å². The van der Waals surface area contributed by atoms with E-state index in [1.54, 1.807) is 12.1 Å². The van der Waals surface area contributed by atoms with Crippen LogP contribution in [-0.4, -0.2) is 37.2 Å². The highest BCUT2D eigenvalue weighted by molar-refractivity contribution is 6.05. The second-order valence-electron chi connectivity index (χ2n) is 7.41. The van der Waals surface area contributed by atoms with Gasteiger partial charge in [0.2, 0.25) is 0 Å². The number of hydrogen-bond donors (Lipinski definition) is 2. The molecular formula is C22H15F3N8O. The molecule has 3 heterocycles. The van der Waals surface area contributed by atoms with Gasteiger partial charge in [-0.25, -0.2) is 4.68 Å². The average molecular weight is 464 g/mol. The van der Waals surface area contributed by atoms with E-state index < -0.39 is 23.3 Å². The molecule has 1 aliphatic heterocycles. The van der Waals surface area contributed by atoms with Gasteiger partial charge in [0.25, 0.3) is 5.91 Å². The summed E-state index contributed by atoms with van der Waals surface area (Å²) in [5.74, 6) is -1.00. The third-order valence-electron chi connectivity index (χ3n) is 5.36. The Balaban J connectivity index is 1.51. The highest BCUT2D eigenvalue weighted by Gasteiger charge is 2.41. The van der Waals surface area contributed by atoms with Crippen molar-refractivity contribution in [3.63, 3.8) is 0 Å². The topological polar surface area (TPSA) is 113 Å². The Morgan fingerprint density at radius 1 is 1.12 bits per heavy atom. The van der Waals surface area contributed by atoms with Crippen molar-refractivity contribution < 1.29 is 18.0 Å². The molecule has 0 bridgehead atoms. The molecule has 0 saturated carbocycles. The lowest BCUT2D eigenvalue weighted by Crippen LogP contribution is -2.21. The van der Waals surface area contributed by atoms with Gasteiger partial charge < -0.3 is 10.6 Å². The highest BCUT2D eigenvalue weighted by atomic mass is 19.4. The van der Waals surface area contributed by atoms with Crippen LogP contribution in [0.3, 0.4) is 0 Å². The second kappa shape index (κ2) is 8.04. The second-order valence-corrected chi connectivity index (χ2v) is 7.41. The van der Waals surface area contributed by atoms with Gasteiger partial charge in [0, 0.05) is 23.5 Å². The smallest absolute Gasteiger partial charge is 0.384 e. The monoisotopic (exact) mass is 464 g/mol. The Labute approximate surface area is 190 Å². The summed E-state index contributed by atoms with van der Waals surface area (Å²) in [6, 6.07) is 11.2. The normalized spacial score (nSPS) is 12.6. The summed E-state index contributed by atoms with van der Waals surface area (Å²) in [6.07, 6.45) is -0.534. The van der Waals surface area contributed by atoms with E-state index in [0.717, 1.165) is 16.6 Å². The van der Waals surface area contributed by atoms with E-state index in [4.69, 9.17) is 0 Å². The van der Waals surface area contributed by atoms with Crippen molar-refractivity contribution in [2.24, 2.45) is 0 Å². The highest BCUT2D eigenvalue weighted by Crippen LogP contribution is 2.36. The van der Waals surface area contributed by atoms with E-state index in [1.165, 1.54) is 41.5 Å². The molecule has 2 aromatic carbocycles. The molecule has 2 N–H and O–H groups in total. The van der Waals surface area contributed by atoms with E-state index in [9.17, 15) is 23.2 Å². The van der Waals surface area contributed by atoms with Crippen LogP contribution in [0.5, 0.6) is 0 Å². The summed E-state index contributed by atoms with van der Waals surface area (Å²) in [6.45, 7) is 0.605. The van der Waals surface area contributed by atoms with Gasteiger partial charge in [0.05, 0.1) is 35.4 Å². The molecule has 2 aromatic heterocycles. The summed E-state index contributed by atoms with van der Waals surface area (Å²) >= 11 is 0. The van der Waals surface area contributed by atoms with Crippen LogP contribution >= 0.6 is 0 Å². The van der Waals surface area contributed by atoms with Crippen molar-refractivity contribution in [3.05, 3.63) is 77.4 Å². The fraction of sp³-hybridized carbons (Fsp3) is 0.136. The van der Waals surface area contributed by atoms with Crippen molar-refractivity contribution in [1.82, 2.24) is 24.8 Å². The molecule has 4 aromatic rings. The summed E-state index contributed by atoms with van der Waals surface area (Å²) < 4.78 is 43.0. The van der Waals surface area contributed by atoms with Crippen LogP contribution in [0.4, 0.5) is 24.5 Å². The van der Waals surface area contributed by atoms with Gasteiger partial charge in [0.15, 0.2) is 5.69 Å². The zero-order valence-corrected chi connectivity index (χ0v) is 17.3. The van der Waals surface area contributed by atoms with Crippen LogP contribution in [0.25, 0.3) is 11.4 Å². The first kappa shape index (κ1) is 21.2. The first-order valence-electron chi connectivity index (χ1n) is 10.1. The standard InChI is InChI=1S/C22H15F3N8O/c23-22(24,25)20-16(12-30-32(20)19-3-1-2-17-15(19)6-7-27-17)21(34)31-14-4-5-18(13(10-14)11-26)33-28-8-9-29-33/h1-5,8-10,12,27H,6-7H2,(H,31,34). The summed E-state index contributed by atoms with van der Waals surface area (Å²) in [4.78, 5) is 14.1. The van der Waals surface area contributed by atoms with E-state index in [-0.39, 0.29) is 16.9 Å². The van der Waals surface area contributed by atoms with Crippen LogP contribution in [0.1, 0.15) is 27.2 Å². The Kier molecular flexibility index (Phi) is 5.01. The molecule has 1 aliphatic rings. The summed E-state index contributed by atoms with van der Waals surface area (Å²) in [5.41, 5.74) is 0.525. The number of hydrogen-bond acceptors (Lipinski definition) is 6. The minimum Gasteiger partial charge on any atom is -0.384 e. The number of nitrogens with zero attached hydrogens (tertiary/aromatic N) is 6. The predicted octanol–water partition coefficient (Wildman–Crippen LogP) is 3.56. The number of anilines is 2. The van der Waals surface area contributed by atoms with Crippen LogP contribution in [0.2, 0.25) is 0 Å². The van der Waals surface area contributed by atoms with Gasteiger partial charge >= 0.3 is 6.18 Å². The molecule has 0 spiro atoms. The summed E-state index contributed by atoms with van der Waals surface area (Å²) in [7, 11) is 0. The number of fused-ring (bicyclic) bond motifs is 1. The molecule has 1 amide bonds. The fourth-order valence-electron chi connectivity index (χ4n) is 3.91. The molecule has 5 rings (SSSR count). The molecule has 0 unspecified atom stereocenters. The van der Waals surface area contributed by atoms with Crippen LogP contribution in [0, 0.1) is 11.3 Å². The maximum Gasteiger partial charge on any atom is 0.434 e. The maximum absolute atomic E-state index is 14.1. The molecule has 0 aliphatic carbocycles. The number of aromatic nitrogens is 5. The number of nitrogens with one attached hydrogen (secondary N) is 2. The molecule has 0 atom stereocenters. The molecule has 12 heteroatoms. The minimum atomic E-state index is -4.84. The third-order valence-corrected chi connectivity index (χ3v) is 5.36. The minimum absolute atomic E-state index is 0.132. The van der Waals surface area contributed by atoms with E-state index in [2.05, 4.69) is 25.9 Å². The molecule has 34 heavy (non-hydrogen) atoms. The SMILES string of the molecule is N#Cc1cc(NC(=O)c2cnn(-c3cccc4c3CCN4)c2C(F)(F)F)ccc1-n1nccn1. The van der Waals surface area contributed by atoms with E-state index in [0.29, 0.717) is 24.2 Å². The number of benzene rings is 2. The van der Waals surface area contributed by atoms with Gasteiger partial charge in [0.1, 0.15) is 11.8 Å². The number of carbonyl (C=O) groups is 1. The number of halogens is 3. The average Bonchev–Trinajstić information content (AvgIpc) is 3.58. The predicted molar refractivity (Wildman–Crippen MR) is 115 cm³/mol. The molecule has 9 nitrogen and oxygen atoms in total. The molecule has 0 fully saturated rings. The van der Waals surface area contributed by atoms with Gasteiger partial charge in [-0.15, -0.1) is 0 Å². The largest absolute Gasteiger partial charge is 0.434 e. The number of amides is 1. The number of carbonyl (C=O) groups excluding carboxylic acids is 1. The zero-order chi connectivity index (χ0) is 23.9. The fourth-order valence-corrected chi connectivity index (χ4v) is 3.91. The first-order chi connectivity index (χ1) is 16.4. The number of nitriles is 1. The zero-order valence-electron chi connectivity index (χ0n) is 17.3. The van der Waals surface area contributed by atoms with Crippen molar-refractivity contribution >= 4 is 17.3 Å². The number of rotatable bonds is 4. The molecular weight excluding hydrogens is 449 g/mol. The Bertz CT molecular complexity index is 1430. The number of alkyl halides is 3. The molecule has 0 saturated heterocycles. The maximum atomic E-state index is 14.1. The van der Waals surface area contributed by atoms with Gasteiger partial charge in [-0.05, 0) is 36.8 Å². The van der Waals surface area contributed by atoms with Gasteiger partial charge in [-0.1, -0.05) is 6.07 Å². The Morgan fingerprint density at radius 2 is 1.91 bits per heavy atom. The lowest BCUT2D eigenvalue weighted by atomic mass is 10.1. The quantitative estimate of drug-likeness (QED) is 0.478. The van der Waals surface area contributed by atoms with Crippen LogP contribution < -0.4 is 10.6 Å². The van der Waals surface area contributed by atoms with Crippen molar-refractivity contribution in [2.75, 3.05) is 17.2 Å². The summed E-state index contributed by atoms with van der Waals surface area (Å²) in [5, 5.41) is 26.8. The van der Waals surface area contributed by atoms with Crippen molar-refractivity contribution in [1.29, 1.82) is 5.26 Å². The van der Waals surface area contributed by atoms with Gasteiger partial charge in [-0.3, -0.25) is 4.79 Å². The van der Waals surface area contributed by atoms with E-state index in [1.807, 2.05) is 6.07 Å². The third kappa shape index (κ3) is 3.62. The van der Waals surface area contributed by atoms with Crippen LogP contribution in [-0.2, 0) is 12.6 Å². The molecule has 170 valence electrons. The Morgan fingerprint density at radius 3 is 2.65 bits per heavy atom. The first-order valence-corrected chi connectivity index (χ1v) is 10.1. The lowest BCUT2D eigenvalue weighted by Gasteiger charge is -2.15.